The number of allylic oxidation sites excluding steroid dienone is 2. The second kappa shape index (κ2) is 10.1. The van der Waals surface area contributed by atoms with E-state index >= 15 is 0 Å². The minimum absolute atomic E-state index is 0.0248. The lowest BCUT2D eigenvalue weighted by Crippen LogP contribution is -2.32. The smallest absolute Gasteiger partial charge is 0.308 e. The van der Waals surface area contributed by atoms with Gasteiger partial charge in [-0.25, -0.2) is 8.42 Å². The van der Waals surface area contributed by atoms with Gasteiger partial charge in [0.1, 0.15) is 0 Å². The molecule has 0 bridgehead atoms. The topological polar surface area (TPSA) is 84.9 Å². The van der Waals surface area contributed by atoms with Crippen LogP contribution in [-0.2, 0) is 14.8 Å². The molecular formula is C27H30N2O5S. The number of esters is 1. The Bertz CT molecular complexity index is 1270. The van der Waals surface area contributed by atoms with Crippen LogP contribution in [0.25, 0.3) is 0 Å². The first kappa shape index (κ1) is 24.8. The molecule has 2 aromatic rings. The lowest BCUT2D eigenvalue weighted by atomic mass is 9.77. The Kier molecular flexibility index (Phi) is 7.14. The average molecular weight is 495 g/mol. The van der Waals surface area contributed by atoms with Crippen molar-refractivity contribution >= 4 is 21.7 Å². The van der Waals surface area contributed by atoms with E-state index in [0.717, 1.165) is 23.2 Å². The van der Waals surface area contributed by atoms with E-state index in [4.69, 9.17) is 9.47 Å². The second-order valence-corrected chi connectivity index (χ2v) is 10.6. The fraction of sp³-hybridized carbons (Fsp3) is 0.296. The van der Waals surface area contributed by atoms with Crippen molar-refractivity contribution in [3.05, 3.63) is 85.0 Å². The minimum Gasteiger partial charge on any atom is -0.493 e. The average Bonchev–Trinajstić information content (AvgIpc) is 3.33. The molecule has 0 radical (unpaired) electrons. The molecule has 3 atom stereocenters. The number of nitrogens with one attached hydrogen (secondary N) is 1. The molecule has 1 N–H and O–H groups in total. The van der Waals surface area contributed by atoms with Crippen LogP contribution in [0.3, 0.4) is 0 Å². The van der Waals surface area contributed by atoms with Crippen LogP contribution in [0.15, 0.2) is 78.8 Å². The quantitative estimate of drug-likeness (QED) is 0.306. The highest BCUT2D eigenvalue weighted by molar-refractivity contribution is 7.89. The number of methoxy groups -OCH3 is 1. The van der Waals surface area contributed by atoms with E-state index in [2.05, 4.69) is 30.6 Å². The van der Waals surface area contributed by atoms with Gasteiger partial charge in [0, 0.05) is 31.6 Å². The van der Waals surface area contributed by atoms with Gasteiger partial charge in [0.2, 0.25) is 10.0 Å². The van der Waals surface area contributed by atoms with Crippen molar-refractivity contribution in [2.75, 3.05) is 25.5 Å². The first-order valence-corrected chi connectivity index (χ1v) is 12.9. The Hall–Kier alpha value is -3.36. The Morgan fingerprint density at radius 1 is 1.14 bits per heavy atom. The van der Waals surface area contributed by atoms with Crippen molar-refractivity contribution in [3.63, 3.8) is 0 Å². The highest BCUT2D eigenvalue weighted by Gasteiger charge is 2.39. The van der Waals surface area contributed by atoms with Gasteiger partial charge >= 0.3 is 5.97 Å². The Morgan fingerprint density at radius 3 is 2.54 bits per heavy atom. The van der Waals surface area contributed by atoms with Crippen LogP contribution >= 0.6 is 0 Å². The van der Waals surface area contributed by atoms with Gasteiger partial charge in [-0.05, 0) is 53.8 Å². The maximum Gasteiger partial charge on any atom is 0.308 e. The Labute approximate surface area is 206 Å². The molecule has 2 aromatic carbocycles. The molecule has 8 heteroatoms. The summed E-state index contributed by atoms with van der Waals surface area (Å²) in [5.74, 6) is 0.713. The number of sulfonamides is 1. The van der Waals surface area contributed by atoms with E-state index in [1.807, 2.05) is 18.2 Å². The first-order chi connectivity index (χ1) is 16.8. The molecule has 0 aromatic heterocycles. The summed E-state index contributed by atoms with van der Waals surface area (Å²) in [7, 11) is -2.15. The molecule has 2 aliphatic rings. The van der Waals surface area contributed by atoms with E-state index in [9.17, 15) is 13.2 Å². The van der Waals surface area contributed by atoms with E-state index in [1.165, 1.54) is 11.2 Å². The molecule has 0 saturated carbocycles. The number of nitrogens with zero attached hydrogens (tertiary/aromatic N) is 1. The highest BCUT2D eigenvalue weighted by atomic mass is 32.2. The Balaban J connectivity index is 1.70. The van der Waals surface area contributed by atoms with Gasteiger partial charge in [-0.3, -0.25) is 4.79 Å². The van der Waals surface area contributed by atoms with E-state index in [1.54, 1.807) is 37.5 Å². The molecule has 4 rings (SSSR count). The monoisotopic (exact) mass is 494 g/mol. The van der Waals surface area contributed by atoms with Crippen LogP contribution in [0.2, 0.25) is 0 Å². The van der Waals surface area contributed by atoms with Crippen LogP contribution < -0.4 is 14.8 Å². The fourth-order valence-corrected chi connectivity index (χ4v) is 6.30. The number of anilines is 1. The molecule has 1 aliphatic carbocycles. The molecule has 35 heavy (non-hydrogen) atoms. The third-order valence-corrected chi connectivity index (χ3v) is 8.27. The molecule has 184 valence electrons. The minimum atomic E-state index is -3.70. The third kappa shape index (κ3) is 4.76. The Morgan fingerprint density at radius 2 is 1.89 bits per heavy atom. The number of benzene rings is 2. The third-order valence-electron chi connectivity index (χ3n) is 6.44. The number of hydrogen-bond acceptors (Lipinski definition) is 6. The maximum absolute atomic E-state index is 13.3. The first-order valence-electron chi connectivity index (χ1n) is 11.5. The fourth-order valence-electron chi connectivity index (χ4n) is 4.89. The van der Waals surface area contributed by atoms with Crippen LogP contribution in [0, 0.1) is 5.92 Å². The van der Waals surface area contributed by atoms with Crippen LogP contribution in [0.4, 0.5) is 5.69 Å². The number of ether oxygens (including phenoxy) is 2. The van der Waals surface area contributed by atoms with Gasteiger partial charge in [-0.2, -0.15) is 4.31 Å². The summed E-state index contributed by atoms with van der Waals surface area (Å²) >= 11 is 0. The lowest BCUT2D eigenvalue weighted by molar-refractivity contribution is -0.132. The van der Waals surface area contributed by atoms with Gasteiger partial charge in [-0.15, -0.1) is 13.2 Å². The molecule has 1 aliphatic heterocycles. The summed E-state index contributed by atoms with van der Waals surface area (Å²) < 4.78 is 38.7. The van der Waals surface area contributed by atoms with Crippen molar-refractivity contribution in [1.82, 2.24) is 4.31 Å². The van der Waals surface area contributed by atoms with Gasteiger partial charge in [0.05, 0.1) is 18.0 Å². The molecule has 0 spiro atoms. The largest absolute Gasteiger partial charge is 0.493 e. The number of rotatable bonds is 9. The van der Waals surface area contributed by atoms with E-state index in [-0.39, 0.29) is 35.9 Å². The number of fused-ring (bicyclic) bond motifs is 3. The molecule has 0 fully saturated rings. The van der Waals surface area contributed by atoms with Gasteiger partial charge in [0.15, 0.2) is 11.5 Å². The second-order valence-electron chi connectivity index (χ2n) is 8.63. The molecule has 7 nitrogen and oxygen atoms in total. The van der Waals surface area contributed by atoms with Gasteiger partial charge in [-0.1, -0.05) is 30.4 Å². The summed E-state index contributed by atoms with van der Waals surface area (Å²) in [6.07, 6.45) is 8.30. The summed E-state index contributed by atoms with van der Waals surface area (Å²) in [6, 6.07) is 10.8. The molecule has 0 saturated heterocycles. The van der Waals surface area contributed by atoms with Crippen LogP contribution in [0.1, 0.15) is 36.4 Å². The summed E-state index contributed by atoms with van der Waals surface area (Å²) in [6.45, 7) is 9.13. The number of carbonyl (C=O) groups excluding carboxylic acids is 1. The molecule has 0 amide bonds. The zero-order chi connectivity index (χ0) is 25.2. The normalized spacial score (nSPS) is 20.5. The van der Waals surface area contributed by atoms with Gasteiger partial charge in [0.25, 0.3) is 0 Å². The van der Waals surface area contributed by atoms with Crippen molar-refractivity contribution in [2.45, 2.75) is 30.2 Å². The maximum atomic E-state index is 13.3. The highest BCUT2D eigenvalue weighted by Crippen LogP contribution is 2.51. The number of carbonyl (C=O) groups is 1. The van der Waals surface area contributed by atoms with Crippen LogP contribution in [0.5, 0.6) is 11.5 Å². The zero-order valence-corrected chi connectivity index (χ0v) is 20.8. The zero-order valence-electron chi connectivity index (χ0n) is 19.9. The van der Waals surface area contributed by atoms with Crippen molar-refractivity contribution in [2.24, 2.45) is 5.92 Å². The van der Waals surface area contributed by atoms with Gasteiger partial charge < -0.3 is 14.8 Å². The van der Waals surface area contributed by atoms with Crippen LogP contribution in [-0.4, -0.2) is 38.9 Å². The summed E-state index contributed by atoms with van der Waals surface area (Å²) in [4.78, 5) is 11.7. The molecule has 3 unspecified atom stereocenters. The number of hydrogen-bond donors (Lipinski definition) is 1. The predicted octanol–water partition coefficient (Wildman–Crippen LogP) is 4.81. The standard InChI is InChI=1S/C27H30N2O5S/c1-5-14-29(15-6-2)35(31,32)20-11-12-24-23(17-20)21-8-7-9-22(21)27(28-24)19-10-13-25(34-18(3)30)26(16-19)33-4/h5-8,10-13,16-17,21-22,27-28H,1-2,9,14-15H2,3-4H3. The van der Waals surface area contributed by atoms with Crippen molar-refractivity contribution in [3.8, 4) is 11.5 Å². The lowest BCUT2D eigenvalue weighted by Gasteiger charge is -2.38. The van der Waals surface area contributed by atoms with Crippen molar-refractivity contribution in [1.29, 1.82) is 0 Å². The summed E-state index contributed by atoms with van der Waals surface area (Å²) in [5.41, 5.74) is 2.85. The molecular weight excluding hydrogens is 464 g/mol. The molecule has 1 heterocycles. The summed E-state index contributed by atoms with van der Waals surface area (Å²) in [5, 5.41) is 3.61. The predicted molar refractivity (Wildman–Crippen MR) is 136 cm³/mol. The van der Waals surface area contributed by atoms with Crippen molar-refractivity contribution < 1.29 is 22.7 Å². The van der Waals surface area contributed by atoms with E-state index in [0.29, 0.717) is 11.5 Å². The van der Waals surface area contributed by atoms with E-state index < -0.39 is 16.0 Å². The SMILES string of the molecule is C=CCN(CC=C)S(=O)(=O)c1ccc2c(c1)C1C=CCC1C(c1ccc(OC(C)=O)c(OC)c1)N2.